The van der Waals surface area contributed by atoms with Gasteiger partial charge in [0.2, 0.25) is 0 Å². The van der Waals surface area contributed by atoms with E-state index < -0.39 is 5.82 Å². The molecule has 0 radical (unpaired) electrons. The molecule has 1 aromatic carbocycles. The quantitative estimate of drug-likeness (QED) is 0.423. The van der Waals surface area contributed by atoms with E-state index in [0.29, 0.717) is 12.4 Å². The first-order chi connectivity index (χ1) is 8.66. The van der Waals surface area contributed by atoms with Gasteiger partial charge >= 0.3 is 0 Å². The number of nitrogens with two attached hydrogens (primary N) is 1. The summed E-state index contributed by atoms with van der Waals surface area (Å²) in [6, 6.07) is 4.49. The molecule has 3 N–H and O–H groups in total. The van der Waals surface area contributed by atoms with Crippen LogP contribution in [0.15, 0.2) is 18.2 Å². The highest BCUT2D eigenvalue weighted by molar-refractivity contribution is 5.97. The summed E-state index contributed by atoms with van der Waals surface area (Å²) in [5, 5.41) is 7.35. The molecule has 0 amide bonds. The molecule has 1 aromatic rings. The first-order valence-corrected chi connectivity index (χ1v) is 6.42. The fourth-order valence-corrected chi connectivity index (χ4v) is 1.77. The Hall–Kier alpha value is -1.58. The zero-order chi connectivity index (χ0) is 13.4. The second-order valence-electron chi connectivity index (χ2n) is 4.29. The monoisotopic (exact) mass is 252 g/mol. The maximum absolute atomic E-state index is 13.5. The molecule has 100 valence electrons. The summed E-state index contributed by atoms with van der Waals surface area (Å²) in [5.41, 5.74) is 5.41. The number of nitrogen functional groups attached to an aromatic ring is 1. The number of hydrogen-bond acceptors (Lipinski definition) is 2. The molecule has 0 heterocycles. The van der Waals surface area contributed by atoms with Gasteiger partial charge in [-0.15, -0.1) is 0 Å². The molecule has 0 fully saturated rings. The summed E-state index contributed by atoms with van der Waals surface area (Å²) in [7, 11) is 0. The molecule has 0 aliphatic carbocycles. The normalized spacial score (nSPS) is 10.3. The topological polar surface area (TPSA) is 59.1 Å². The zero-order valence-corrected chi connectivity index (χ0v) is 10.8. The molecule has 0 spiro atoms. The lowest BCUT2D eigenvalue weighted by atomic mass is 10.1. The summed E-state index contributed by atoms with van der Waals surface area (Å²) < 4.78 is 19.0. The molecule has 0 bridgehead atoms. The fourth-order valence-electron chi connectivity index (χ4n) is 1.77. The molecule has 0 aliphatic rings. The number of nitrogens with one attached hydrogen (secondary N) is 1. The van der Waals surface area contributed by atoms with Crippen molar-refractivity contribution in [1.29, 1.82) is 5.41 Å². The Morgan fingerprint density at radius 3 is 2.67 bits per heavy atom. The van der Waals surface area contributed by atoms with Gasteiger partial charge in [0.25, 0.3) is 0 Å². The van der Waals surface area contributed by atoms with Gasteiger partial charge in [-0.25, -0.2) is 4.39 Å². The molecular weight excluding hydrogens is 231 g/mol. The standard InChI is InChI=1S/C14H21FN2O/c1-2-3-4-5-6-10-18-12-9-7-8-11(15)13(12)14(16)17/h7-9H,2-6,10H2,1H3,(H3,16,17). The van der Waals surface area contributed by atoms with E-state index in [1.807, 2.05) is 0 Å². The van der Waals surface area contributed by atoms with Gasteiger partial charge in [-0.3, -0.25) is 5.41 Å². The van der Waals surface area contributed by atoms with Crippen molar-refractivity contribution in [3.8, 4) is 5.75 Å². The van der Waals surface area contributed by atoms with Gasteiger partial charge in [0.05, 0.1) is 12.2 Å². The summed E-state index contributed by atoms with van der Waals surface area (Å²) in [4.78, 5) is 0. The molecule has 0 unspecified atom stereocenters. The van der Waals surface area contributed by atoms with Crippen molar-refractivity contribution in [3.63, 3.8) is 0 Å². The van der Waals surface area contributed by atoms with E-state index in [4.69, 9.17) is 15.9 Å². The summed E-state index contributed by atoms with van der Waals surface area (Å²) in [5.74, 6) is -0.446. The van der Waals surface area contributed by atoms with E-state index in [0.717, 1.165) is 12.8 Å². The van der Waals surface area contributed by atoms with Crippen molar-refractivity contribution in [2.75, 3.05) is 6.61 Å². The van der Waals surface area contributed by atoms with Gasteiger partial charge in [0.15, 0.2) is 0 Å². The Kier molecular flexibility index (Phi) is 6.19. The number of rotatable bonds is 8. The van der Waals surface area contributed by atoms with Crippen LogP contribution in [0.25, 0.3) is 0 Å². The highest BCUT2D eigenvalue weighted by Gasteiger charge is 2.11. The van der Waals surface area contributed by atoms with Crippen LogP contribution < -0.4 is 10.5 Å². The minimum absolute atomic E-state index is 0.0612. The minimum atomic E-state index is -0.508. The van der Waals surface area contributed by atoms with E-state index in [-0.39, 0.29) is 11.4 Å². The molecule has 0 aliphatic heterocycles. The number of ether oxygens (including phenoxy) is 1. The maximum Gasteiger partial charge on any atom is 0.137 e. The molecular formula is C14H21FN2O. The second kappa shape index (κ2) is 7.69. The number of halogens is 1. The highest BCUT2D eigenvalue weighted by atomic mass is 19.1. The van der Waals surface area contributed by atoms with E-state index in [9.17, 15) is 4.39 Å². The van der Waals surface area contributed by atoms with Gasteiger partial charge in [-0.1, -0.05) is 38.7 Å². The second-order valence-corrected chi connectivity index (χ2v) is 4.29. The molecule has 0 atom stereocenters. The minimum Gasteiger partial charge on any atom is -0.493 e. The van der Waals surface area contributed by atoms with Crippen LogP contribution in [0.1, 0.15) is 44.6 Å². The SMILES string of the molecule is CCCCCCCOc1cccc(F)c1C(=N)N. The van der Waals surface area contributed by atoms with E-state index in [1.54, 1.807) is 12.1 Å². The van der Waals surface area contributed by atoms with Crippen LogP contribution in [0.2, 0.25) is 0 Å². The Morgan fingerprint density at radius 1 is 1.28 bits per heavy atom. The van der Waals surface area contributed by atoms with Crippen molar-refractivity contribution in [2.45, 2.75) is 39.0 Å². The number of benzene rings is 1. The predicted molar refractivity (Wildman–Crippen MR) is 71.7 cm³/mol. The smallest absolute Gasteiger partial charge is 0.137 e. The molecule has 4 heteroatoms. The van der Waals surface area contributed by atoms with Crippen LogP contribution in [-0.2, 0) is 0 Å². The average molecular weight is 252 g/mol. The maximum atomic E-state index is 13.5. The van der Waals surface area contributed by atoms with E-state index in [1.165, 1.54) is 25.3 Å². The van der Waals surface area contributed by atoms with Crippen LogP contribution >= 0.6 is 0 Å². The average Bonchev–Trinajstić information content (AvgIpc) is 2.33. The third kappa shape index (κ3) is 4.35. The molecule has 0 saturated heterocycles. The van der Waals surface area contributed by atoms with Crippen LogP contribution in [0.5, 0.6) is 5.75 Å². The van der Waals surface area contributed by atoms with Crippen molar-refractivity contribution < 1.29 is 9.13 Å². The van der Waals surface area contributed by atoms with Gasteiger partial charge in [-0.2, -0.15) is 0 Å². The van der Waals surface area contributed by atoms with Crippen molar-refractivity contribution in [2.24, 2.45) is 5.73 Å². The summed E-state index contributed by atoms with van der Waals surface area (Å²) in [6.45, 7) is 2.70. The van der Waals surface area contributed by atoms with E-state index in [2.05, 4.69) is 6.92 Å². The van der Waals surface area contributed by atoms with Crippen LogP contribution in [0, 0.1) is 11.2 Å². The third-order valence-corrected chi connectivity index (χ3v) is 2.75. The Balaban J connectivity index is 2.47. The Morgan fingerprint density at radius 2 is 2.00 bits per heavy atom. The van der Waals surface area contributed by atoms with Gasteiger partial charge < -0.3 is 10.5 Å². The molecule has 3 nitrogen and oxygen atoms in total. The lowest BCUT2D eigenvalue weighted by molar-refractivity contribution is 0.302. The highest BCUT2D eigenvalue weighted by Crippen LogP contribution is 2.21. The molecule has 18 heavy (non-hydrogen) atoms. The van der Waals surface area contributed by atoms with Crippen LogP contribution in [0.4, 0.5) is 4.39 Å². The van der Waals surface area contributed by atoms with Gasteiger partial charge in [0, 0.05) is 0 Å². The van der Waals surface area contributed by atoms with Crippen LogP contribution in [0.3, 0.4) is 0 Å². The van der Waals surface area contributed by atoms with Crippen molar-refractivity contribution in [3.05, 3.63) is 29.6 Å². The summed E-state index contributed by atoms with van der Waals surface area (Å²) in [6.07, 6.45) is 5.69. The first-order valence-electron chi connectivity index (χ1n) is 6.42. The number of amidine groups is 1. The van der Waals surface area contributed by atoms with E-state index >= 15 is 0 Å². The summed E-state index contributed by atoms with van der Waals surface area (Å²) >= 11 is 0. The Labute approximate surface area is 108 Å². The van der Waals surface area contributed by atoms with Crippen LogP contribution in [-0.4, -0.2) is 12.4 Å². The lowest BCUT2D eigenvalue weighted by Gasteiger charge is -2.11. The molecule has 1 rings (SSSR count). The molecule has 0 saturated carbocycles. The third-order valence-electron chi connectivity index (χ3n) is 2.75. The van der Waals surface area contributed by atoms with Gasteiger partial charge in [0.1, 0.15) is 17.4 Å². The number of unbranched alkanes of at least 4 members (excludes halogenated alkanes) is 4. The van der Waals surface area contributed by atoms with Gasteiger partial charge in [-0.05, 0) is 18.6 Å². The van der Waals surface area contributed by atoms with Crippen molar-refractivity contribution >= 4 is 5.84 Å². The largest absolute Gasteiger partial charge is 0.493 e. The molecule has 0 aromatic heterocycles. The zero-order valence-electron chi connectivity index (χ0n) is 10.8. The lowest BCUT2D eigenvalue weighted by Crippen LogP contribution is -2.15. The van der Waals surface area contributed by atoms with Crippen molar-refractivity contribution in [1.82, 2.24) is 0 Å². The predicted octanol–water partition coefficient (Wildman–Crippen LogP) is 3.46. The fraction of sp³-hybridized carbons (Fsp3) is 0.500. The Bertz CT molecular complexity index is 393. The number of hydrogen-bond donors (Lipinski definition) is 2. The first kappa shape index (κ1) is 14.5.